The van der Waals surface area contributed by atoms with Crippen molar-refractivity contribution in [1.82, 2.24) is 0 Å². The van der Waals surface area contributed by atoms with Crippen LogP contribution in [0.5, 0.6) is 0 Å². The smallest absolute Gasteiger partial charge is 0.0720 e. The molecule has 0 saturated heterocycles. The molecule has 0 bridgehead atoms. The normalized spacial score (nSPS) is 13.8. The summed E-state index contributed by atoms with van der Waals surface area (Å²) in [5.74, 6) is 0. The lowest BCUT2D eigenvalue weighted by Gasteiger charge is -2.14. The van der Waals surface area contributed by atoms with Crippen LogP contribution in [0.1, 0.15) is 32.3 Å². The van der Waals surface area contributed by atoms with Gasteiger partial charge in [-0.1, -0.05) is 43.3 Å². The van der Waals surface area contributed by atoms with E-state index in [9.17, 15) is 0 Å². The lowest BCUT2D eigenvalue weighted by atomic mass is 10.2. The fourth-order valence-electron chi connectivity index (χ4n) is 1.43. The maximum absolute atomic E-state index is 5.88. The predicted molar refractivity (Wildman–Crippen MR) is 77.7 cm³/mol. The number of hydrogen-bond donors (Lipinski definition) is 0. The molecule has 16 heavy (non-hydrogen) atoms. The first-order chi connectivity index (χ1) is 7.72. The quantitative estimate of drug-likeness (QED) is 0.687. The Morgan fingerprint density at radius 3 is 2.62 bits per heavy atom. The summed E-state index contributed by atoms with van der Waals surface area (Å²) < 4.78 is 7.21. The van der Waals surface area contributed by atoms with Crippen LogP contribution in [0.2, 0.25) is 0 Å². The van der Waals surface area contributed by atoms with E-state index < -0.39 is 0 Å². The Hall–Kier alpha value is -0.350. The highest BCUT2D eigenvalue weighted by atomic mass is 127. The van der Waals surface area contributed by atoms with Crippen molar-refractivity contribution in [1.29, 1.82) is 0 Å². The van der Waals surface area contributed by atoms with Gasteiger partial charge in [0.15, 0.2) is 0 Å². The van der Waals surface area contributed by atoms with Crippen molar-refractivity contribution in [3.63, 3.8) is 0 Å². The molecule has 0 aliphatic rings. The lowest BCUT2D eigenvalue weighted by Crippen LogP contribution is -2.10. The van der Waals surface area contributed by atoms with E-state index in [4.69, 9.17) is 4.74 Å². The number of allylic oxidation sites excluding steroid dienone is 1. The zero-order chi connectivity index (χ0) is 11.8. The highest BCUT2D eigenvalue weighted by molar-refractivity contribution is 14.1. The summed E-state index contributed by atoms with van der Waals surface area (Å²) in [6.45, 7) is 5.00. The molecule has 0 fully saturated rings. The van der Waals surface area contributed by atoms with Gasteiger partial charge in [-0.25, -0.2) is 0 Å². The minimum absolute atomic E-state index is 0.338. The van der Waals surface area contributed by atoms with Gasteiger partial charge in [0, 0.05) is 0 Å². The second-order valence-electron chi connectivity index (χ2n) is 3.85. The monoisotopic (exact) mass is 330 g/mol. The molecule has 1 atom stereocenters. The highest BCUT2D eigenvalue weighted by Gasteiger charge is 2.04. The molecule has 2 heteroatoms. The van der Waals surface area contributed by atoms with Crippen molar-refractivity contribution < 1.29 is 4.74 Å². The van der Waals surface area contributed by atoms with Crippen molar-refractivity contribution in [3.8, 4) is 0 Å². The maximum Gasteiger partial charge on any atom is 0.0720 e. The topological polar surface area (TPSA) is 9.23 Å². The predicted octanol–water partition coefficient (Wildman–Crippen LogP) is 4.71. The molecule has 0 saturated carbocycles. The lowest BCUT2D eigenvalue weighted by molar-refractivity contribution is 0.0402. The van der Waals surface area contributed by atoms with Crippen LogP contribution < -0.4 is 0 Å². The van der Waals surface area contributed by atoms with E-state index in [1.54, 1.807) is 0 Å². The summed E-state index contributed by atoms with van der Waals surface area (Å²) >= 11 is 2.34. The molecular formula is C14H19IO. The van der Waals surface area contributed by atoms with E-state index in [2.05, 4.69) is 66.8 Å². The Morgan fingerprint density at radius 1 is 1.38 bits per heavy atom. The van der Waals surface area contributed by atoms with E-state index >= 15 is 0 Å². The molecule has 0 aliphatic carbocycles. The van der Waals surface area contributed by atoms with E-state index in [-0.39, 0.29) is 0 Å². The standard InChI is InChI=1S/C14H19IO/c1-3-14(10-9-12(2)15)16-11-13-7-5-4-6-8-13/h4-9,14H,3,10-11H2,1-2H3/b12-9+/t14-/m0/s1. The van der Waals surface area contributed by atoms with Crippen molar-refractivity contribution in [2.45, 2.75) is 39.4 Å². The van der Waals surface area contributed by atoms with Crippen LogP contribution in [-0.4, -0.2) is 6.10 Å². The van der Waals surface area contributed by atoms with E-state index in [0.717, 1.165) is 12.8 Å². The summed E-state index contributed by atoms with van der Waals surface area (Å²) in [5.41, 5.74) is 1.25. The molecule has 0 aliphatic heterocycles. The molecule has 88 valence electrons. The molecule has 0 N–H and O–H groups in total. The van der Waals surface area contributed by atoms with E-state index in [1.165, 1.54) is 9.14 Å². The summed E-state index contributed by atoms with van der Waals surface area (Å²) in [6.07, 6.45) is 4.65. The number of halogens is 1. The van der Waals surface area contributed by atoms with Crippen LogP contribution in [0.4, 0.5) is 0 Å². The number of benzene rings is 1. The number of rotatable bonds is 6. The molecule has 0 spiro atoms. The zero-order valence-corrected chi connectivity index (χ0v) is 12.1. The molecule has 1 aromatic carbocycles. The van der Waals surface area contributed by atoms with E-state index in [1.807, 2.05) is 6.07 Å². The highest BCUT2D eigenvalue weighted by Crippen LogP contribution is 2.12. The summed E-state index contributed by atoms with van der Waals surface area (Å²) in [7, 11) is 0. The van der Waals surface area contributed by atoms with Crippen molar-refractivity contribution in [2.24, 2.45) is 0 Å². The Bertz CT molecular complexity index is 315. The van der Waals surface area contributed by atoms with Gasteiger partial charge >= 0.3 is 0 Å². The van der Waals surface area contributed by atoms with E-state index in [0.29, 0.717) is 12.7 Å². The Kier molecular flexibility index (Phi) is 6.73. The minimum Gasteiger partial charge on any atom is -0.373 e. The molecular weight excluding hydrogens is 311 g/mol. The molecule has 1 rings (SSSR count). The average Bonchev–Trinajstić information content (AvgIpc) is 2.30. The van der Waals surface area contributed by atoms with Gasteiger partial charge in [-0.05, 0) is 51.5 Å². The van der Waals surface area contributed by atoms with Gasteiger partial charge in [-0.2, -0.15) is 0 Å². The molecule has 0 unspecified atom stereocenters. The first kappa shape index (κ1) is 13.7. The SMILES string of the molecule is CC[C@@H](C/C=C(\C)I)OCc1ccccc1. The summed E-state index contributed by atoms with van der Waals surface area (Å²) in [5, 5.41) is 0. The van der Waals surface area contributed by atoms with Gasteiger partial charge in [0.25, 0.3) is 0 Å². The molecule has 0 radical (unpaired) electrons. The fourth-order valence-corrected chi connectivity index (χ4v) is 1.69. The summed E-state index contributed by atoms with van der Waals surface area (Å²) in [4.78, 5) is 0. The third-order valence-corrected chi connectivity index (χ3v) is 2.89. The molecule has 0 heterocycles. The first-order valence-electron chi connectivity index (χ1n) is 5.70. The van der Waals surface area contributed by atoms with Crippen molar-refractivity contribution in [2.75, 3.05) is 0 Å². The zero-order valence-electron chi connectivity index (χ0n) is 9.95. The van der Waals surface area contributed by atoms with Gasteiger partial charge in [0.1, 0.15) is 0 Å². The maximum atomic E-state index is 5.88. The molecule has 0 amide bonds. The van der Waals surface area contributed by atoms with Gasteiger partial charge < -0.3 is 4.74 Å². The average molecular weight is 330 g/mol. The van der Waals surface area contributed by atoms with Crippen LogP contribution in [0.3, 0.4) is 0 Å². The minimum atomic E-state index is 0.338. The first-order valence-corrected chi connectivity index (χ1v) is 6.78. The largest absolute Gasteiger partial charge is 0.373 e. The Labute approximate surface area is 112 Å². The summed E-state index contributed by atoms with van der Waals surface area (Å²) in [6, 6.07) is 10.3. The molecule has 0 aromatic heterocycles. The van der Waals surface area contributed by atoms with Gasteiger partial charge in [0.2, 0.25) is 0 Å². The van der Waals surface area contributed by atoms with Gasteiger partial charge in [-0.15, -0.1) is 0 Å². The van der Waals surface area contributed by atoms with Gasteiger partial charge in [0.05, 0.1) is 12.7 Å². The fraction of sp³-hybridized carbons (Fsp3) is 0.429. The Morgan fingerprint density at radius 2 is 2.06 bits per heavy atom. The van der Waals surface area contributed by atoms with Crippen LogP contribution in [0.25, 0.3) is 0 Å². The van der Waals surface area contributed by atoms with Gasteiger partial charge in [-0.3, -0.25) is 0 Å². The second-order valence-corrected chi connectivity index (χ2v) is 5.56. The molecule has 1 nitrogen and oxygen atoms in total. The van der Waals surface area contributed by atoms with Crippen LogP contribution in [-0.2, 0) is 11.3 Å². The third kappa shape index (κ3) is 5.66. The van der Waals surface area contributed by atoms with Crippen LogP contribution in [0.15, 0.2) is 40.0 Å². The number of ether oxygens (including phenoxy) is 1. The Balaban J connectivity index is 2.37. The van der Waals surface area contributed by atoms with Crippen molar-refractivity contribution >= 4 is 22.6 Å². The van der Waals surface area contributed by atoms with Crippen molar-refractivity contribution in [3.05, 3.63) is 45.6 Å². The number of hydrogen-bond acceptors (Lipinski definition) is 1. The third-order valence-electron chi connectivity index (χ3n) is 2.45. The van der Waals surface area contributed by atoms with Crippen LogP contribution >= 0.6 is 22.6 Å². The second kappa shape index (κ2) is 7.85. The van der Waals surface area contributed by atoms with Crippen LogP contribution in [0, 0.1) is 0 Å². The molecule has 1 aromatic rings.